The Morgan fingerprint density at radius 2 is 2.00 bits per heavy atom. The SMILES string of the molecule is CCC(CC)C(NC)C1COc2ccccc2C1. The van der Waals surface area contributed by atoms with Crippen LogP contribution in [0.5, 0.6) is 5.75 Å². The number of hydrogen-bond donors (Lipinski definition) is 1. The van der Waals surface area contributed by atoms with Crippen LogP contribution in [0.1, 0.15) is 32.3 Å². The summed E-state index contributed by atoms with van der Waals surface area (Å²) in [6.45, 7) is 5.42. The van der Waals surface area contributed by atoms with Crippen molar-refractivity contribution in [3.8, 4) is 5.75 Å². The summed E-state index contributed by atoms with van der Waals surface area (Å²) in [4.78, 5) is 0. The molecule has 2 heteroatoms. The Balaban J connectivity index is 2.11. The second-order valence-electron chi connectivity index (χ2n) is 5.27. The lowest BCUT2D eigenvalue weighted by atomic mass is 9.81. The molecule has 2 atom stereocenters. The van der Waals surface area contributed by atoms with Gasteiger partial charge in [-0.1, -0.05) is 44.9 Å². The second kappa shape index (κ2) is 6.24. The van der Waals surface area contributed by atoms with Crippen molar-refractivity contribution in [3.05, 3.63) is 29.8 Å². The first-order chi connectivity index (χ1) is 8.80. The lowest BCUT2D eigenvalue weighted by Crippen LogP contribution is -2.44. The fourth-order valence-electron chi connectivity index (χ4n) is 3.23. The molecule has 0 radical (unpaired) electrons. The number of benzene rings is 1. The summed E-state index contributed by atoms with van der Waals surface area (Å²) in [5.74, 6) is 2.41. The molecule has 0 aromatic heterocycles. The van der Waals surface area contributed by atoms with E-state index in [0.29, 0.717) is 12.0 Å². The first kappa shape index (κ1) is 13.4. The van der Waals surface area contributed by atoms with E-state index < -0.39 is 0 Å². The van der Waals surface area contributed by atoms with E-state index in [0.717, 1.165) is 24.7 Å². The van der Waals surface area contributed by atoms with Gasteiger partial charge in [-0.05, 0) is 31.0 Å². The molecular weight excluding hydrogens is 222 g/mol. The molecule has 1 aliphatic heterocycles. The minimum atomic E-state index is 0.563. The fraction of sp³-hybridized carbons (Fsp3) is 0.625. The summed E-state index contributed by atoms with van der Waals surface area (Å²) >= 11 is 0. The number of nitrogens with one attached hydrogen (secondary N) is 1. The van der Waals surface area contributed by atoms with Gasteiger partial charge in [0.2, 0.25) is 0 Å². The van der Waals surface area contributed by atoms with Crippen LogP contribution in [0.25, 0.3) is 0 Å². The van der Waals surface area contributed by atoms with Crippen molar-refractivity contribution in [3.63, 3.8) is 0 Å². The predicted molar refractivity (Wildman–Crippen MR) is 76.1 cm³/mol. The van der Waals surface area contributed by atoms with Crippen LogP contribution in [-0.4, -0.2) is 19.7 Å². The smallest absolute Gasteiger partial charge is 0.122 e. The zero-order valence-corrected chi connectivity index (χ0v) is 11.8. The molecule has 0 fully saturated rings. The molecule has 0 saturated carbocycles. The maximum atomic E-state index is 5.92. The van der Waals surface area contributed by atoms with Crippen LogP contribution in [-0.2, 0) is 6.42 Å². The second-order valence-corrected chi connectivity index (χ2v) is 5.27. The highest BCUT2D eigenvalue weighted by atomic mass is 16.5. The number of fused-ring (bicyclic) bond motifs is 1. The van der Waals surface area contributed by atoms with Gasteiger partial charge in [0, 0.05) is 12.0 Å². The lowest BCUT2D eigenvalue weighted by Gasteiger charge is -2.35. The van der Waals surface area contributed by atoms with Gasteiger partial charge < -0.3 is 10.1 Å². The third-order valence-corrected chi connectivity index (χ3v) is 4.31. The fourth-order valence-corrected chi connectivity index (χ4v) is 3.23. The Kier molecular flexibility index (Phi) is 4.65. The van der Waals surface area contributed by atoms with Gasteiger partial charge in [0.15, 0.2) is 0 Å². The standard InChI is InChI=1S/C16H25NO/c1-4-12(5-2)16(17-3)14-10-13-8-6-7-9-15(13)18-11-14/h6-9,12,14,16-17H,4-5,10-11H2,1-3H3. The zero-order chi connectivity index (χ0) is 13.0. The summed E-state index contributed by atoms with van der Waals surface area (Å²) in [6.07, 6.45) is 3.61. The zero-order valence-electron chi connectivity index (χ0n) is 11.8. The molecular formula is C16H25NO. The van der Waals surface area contributed by atoms with Gasteiger partial charge in [0.25, 0.3) is 0 Å². The number of rotatable bonds is 5. The molecule has 18 heavy (non-hydrogen) atoms. The molecule has 100 valence electrons. The van der Waals surface area contributed by atoms with Crippen molar-refractivity contribution in [2.75, 3.05) is 13.7 Å². The summed E-state index contributed by atoms with van der Waals surface area (Å²) in [7, 11) is 2.09. The van der Waals surface area contributed by atoms with E-state index in [2.05, 4.69) is 50.5 Å². The normalized spacial score (nSPS) is 20.3. The van der Waals surface area contributed by atoms with Crippen LogP contribution in [0.4, 0.5) is 0 Å². The molecule has 0 aliphatic carbocycles. The van der Waals surface area contributed by atoms with Gasteiger partial charge in [0.1, 0.15) is 5.75 Å². The van der Waals surface area contributed by atoms with Crippen molar-refractivity contribution in [2.45, 2.75) is 39.2 Å². The van der Waals surface area contributed by atoms with Gasteiger partial charge in [-0.15, -0.1) is 0 Å². The van der Waals surface area contributed by atoms with Crippen LogP contribution in [0.15, 0.2) is 24.3 Å². The highest BCUT2D eigenvalue weighted by molar-refractivity contribution is 5.35. The van der Waals surface area contributed by atoms with E-state index in [-0.39, 0.29) is 0 Å². The maximum absolute atomic E-state index is 5.92. The molecule has 0 bridgehead atoms. The Bertz CT molecular complexity index is 373. The van der Waals surface area contributed by atoms with E-state index >= 15 is 0 Å². The highest BCUT2D eigenvalue weighted by Crippen LogP contribution is 2.31. The molecule has 1 aromatic rings. The Morgan fingerprint density at radius 3 is 2.67 bits per heavy atom. The van der Waals surface area contributed by atoms with E-state index in [4.69, 9.17) is 4.74 Å². The van der Waals surface area contributed by atoms with Crippen molar-refractivity contribution in [1.29, 1.82) is 0 Å². The average molecular weight is 247 g/mol. The predicted octanol–water partition coefficient (Wildman–Crippen LogP) is 3.26. The molecule has 1 heterocycles. The summed E-state index contributed by atoms with van der Waals surface area (Å²) in [5, 5.41) is 3.52. The Labute approximate surface area is 111 Å². The summed E-state index contributed by atoms with van der Waals surface area (Å²) < 4.78 is 5.92. The topological polar surface area (TPSA) is 21.3 Å². The molecule has 2 rings (SSSR count). The third-order valence-electron chi connectivity index (χ3n) is 4.31. The molecule has 0 saturated heterocycles. The number of hydrogen-bond acceptors (Lipinski definition) is 2. The van der Waals surface area contributed by atoms with Gasteiger partial charge in [-0.25, -0.2) is 0 Å². The first-order valence-corrected chi connectivity index (χ1v) is 7.18. The van der Waals surface area contributed by atoms with Gasteiger partial charge in [-0.3, -0.25) is 0 Å². The Morgan fingerprint density at radius 1 is 1.28 bits per heavy atom. The minimum Gasteiger partial charge on any atom is -0.493 e. The first-order valence-electron chi connectivity index (χ1n) is 7.18. The van der Waals surface area contributed by atoms with Crippen molar-refractivity contribution in [1.82, 2.24) is 5.32 Å². The van der Waals surface area contributed by atoms with Crippen molar-refractivity contribution >= 4 is 0 Å². The number of para-hydroxylation sites is 1. The van der Waals surface area contributed by atoms with E-state index in [1.165, 1.54) is 18.4 Å². The van der Waals surface area contributed by atoms with Crippen molar-refractivity contribution in [2.24, 2.45) is 11.8 Å². The van der Waals surface area contributed by atoms with Crippen LogP contribution in [0.3, 0.4) is 0 Å². The van der Waals surface area contributed by atoms with Crippen LogP contribution in [0.2, 0.25) is 0 Å². The van der Waals surface area contributed by atoms with Gasteiger partial charge in [0.05, 0.1) is 6.61 Å². The number of ether oxygens (including phenoxy) is 1. The van der Waals surface area contributed by atoms with E-state index in [1.54, 1.807) is 0 Å². The largest absolute Gasteiger partial charge is 0.493 e. The average Bonchev–Trinajstić information content (AvgIpc) is 2.44. The van der Waals surface area contributed by atoms with Crippen LogP contribution in [0, 0.1) is 11.8 Å². The summed E-state index contributed by atoms with van der Waals surface area (Å²) in [5.41, 5.74) is 1.36. The molecule has 0 spiro atoms. The molecule has 2 nitrogen and oxygen atoms in total. The molecule has 1 aliphatic rings. The molecule has 2 unspecified atom stereocenters. The highest BCUT2D eigenvalue weighted by Gasteiger charge is 2.30. The quantitative estimate of drug-likeness (QED) is 0.862. The lowest BCUT2D eigenvalue weighted by molar-refractivity contribution is 0.153. The molecule has 1 aromatic carbocycles. The van der Waals surface area contributed by atoms with Crippen LogP contribution < -0.4 is 10.1 Å². The maximum Gasteiger partial charge on any atom is 0.122 e. The van der Waals surface area contributed by atoms with E-state index in [1.807, 2.05) is 0 Å². The van der Waals surface area contributed by atoms with Crippen molar-refractivity contribution < 1.29 is 4.74 Å². The monoisotopic (exact) mass is 247 g/mol. The van der Waals surface area contributed by atoms with Gasteiger partial charge >= 0.3 is 0 Å². The Hall–Kier alpha value is -1.02. The summed E-state index contributed by atoms with van der Waals surface area (Å²) in [6, 6.07) is 9.00. The minimum absolute atomic E-state index is 0.563. The molecule has 1 N–H and O–H groups in total. The third kappa shape index (κ3) is 2.69. The van der Waals surface area contributed by atoms with E-state index in [9.17, 15) is 0 Å². The molecule has 0 amide bonds. The van der Waals surface area contributed by atoms with Crippen LogP contribution >= 0.6 is 0 Å². The van der Waals surface area contributed by atoms with Gasteiger partial charge in [-0.2, -0.15) is 0 Å².